The lowest BCUT2D eigenvalue weighted by atomic mass is 9.75. The van der Waals surface area contributed by atoms with Crippen LogP contribution in [-0.2, 0) is 10.2 Å². The maximum atomic E-state index is 12.4. The molecule has 0 bridgehead atoms. The highest BCUT2D eigenvalue weighted by atomic mass is 35.5. The van der Waals surface area contributed by atoms with E-state index in [0.717, 1.165) is 31.0 Å². The fourth-order valence-electron chi connectivity index (χ4n) is 3.11. The molecule has 1 aromatic carbocycles. The Morgan fingerprint density at radius 3 is 2.30 bits per heavy atom. The van der Waals surface area contributed by atoms with Crippen LogP contribution in [0.15, 0.2) is 24.3 Å². The second-order valence-corrected chi connectivity index (χ2v) is 6.86. The Balaban J connectivity index is 0.00000264. The minimum absolute atomic E-state index is 0. The molecule has 1 saturated heterocycles. The van der Waals surface area contributed by atoms with Gasteiger partial charge in [0.15, 0.2) is 0 Å². The van der Waals surface area contributed by atoms with Gasteiger partial charge in [-0.2, -0.15) is 0 Å². The second-order valence-electron chi connectivity index (χ2n) is 6.42. The number of nitrogens with one attached hydrogen (secondary N) is 2. The van der Waals surface area contributed by atoms with Crippen LogP contribution in [0.3, 0.4) is 0 Å². The molecule has 2 rings (SSSR count). The van der Waals surface area contributed by atoms with Gasteiger partial charge in [-0.3, -0.25) is 4.79 Å². The van der Waals surface area contributed by atoms with E-state index in [1.165, 1.54) is 5.56 Å². The minimum atomic E-state index is -0.0160. The van der Waals surface area contributed by atoms with Crippen LogP contribution in [0.1, 0.15) is 39.2 Å². The van der Waals surface area contributed by atoms with Gasteiger partial charge in [0.05, 0.1) is 0 Å². The molecule has 3 nitrogen and oxygen atoms in total. The van der Waals surface area contributed by atoms with Gasteiger partial charge in [0.25, 0.3) is 0 Å². The molecule has 1 atom stereocenters. The van der Waals surface area contributed by atoms with Crippen molar-refractivity contribution in [2.75, 3.05) is 19.6 Å². The average molecular weight is 359 g/mol. The summed E-state index contributed by atoms with van der Waals surface area (Å²) in [6.07, 6.45) is 1.98. The molecule has 0 radical (unpaired) electrons. The van der Waals surface area contributed by atoms with Crippen LogP contribution in [0.25, 0.3) is 0 Å². The molecular formula is C18H28Cl2N2O. The fraction of sp³-hybridized carbons (Fsp3) is 0.611. The highest BCUT2D eigenvalue weighted by Crippen LogP contribution is 2.32. The first kappa shape index (κ1) is 20.3. The van der Waals surface area contributed by atoms with Crippen LogP contribution < -0.4 is 10.6 Å². The fourth-order valence-corrected chi connectivity index (χ4v) is 3.24. The number of amides is 1. The molecule has 1 aliphatic rings. The smallest absolute Gasteiger partial charge is 0.223 e. The molecule has 5 heteroatoms. The van der Waals surface area contributed by atoms with Gasteiger partial charge in [-0.1, -0.05) is 44.5 Å². The number of hydrogen-bond acceptors (Lipinski definition) is 2. The van der Waals surface area contributed by atoms with Crippen molar-refractivity contribution in [2.45, 2.75) is 39.0 Å². The van der Waals surface area contributed by atoms with Crippen LogP contribution in [0, 0.1) is 11.8 Å². The molecule has 1 aromatic rings. The third-order valence-electron chi connectivity index (χ3n) is 5.34. The van der Waals surface area contributed by atoms with Gasteiger partial charge in [-0.15, -0.1) is 12.4 Å². The van der Waals surface area contributed by atoms with Gasteiger partial charge < -0.3 is 10.6 Å². The average Bonchev–Trinajstić information content (AvgIpc) is 2.48. The van der Waals surface area contributed by atoms with Crippen LogP contribution in [-0.4, -0.2) is 25.5 Å². The lowest BCUT2D eigenvalue weighted by molar-refractivity contribution is -0.127. The topological polar surface area (TPSA) is 41.1 Å². The summed E-state index contributed by atoms with van der Waals surface area (Å²) in [4.78, 5) is 12.4. The van der Waals surface area contributed by atoms with Crippen molar-refractivity contribution in [2.24, 2.45) is 11.8 Å². The molecule has 1 heterocycles. The Hall–Kier alpha value is -0.770. The summed E-state index contributed by atoms with van der Waals surface area (Å²) in [6, 6.07) is 8.03. The van der Waals surface area contributed by atoms with E-state index < -0.39 is 0 Å². The molecule has 23 heavy (non-hydrogen) atoms. The van der Waals surface area contributed by atoms with E-state index >= 15 is 0 Å². The summed E-state index contributed by atoms with van der Waals surface area (Å²) in [5.74, 6) is 0.734. The second kappa shape index (κ2) is 8.91. The van der Waals surface area contributed by atoms with E-state index in [-0.39, 0.29) is 29.6 Å². The van der Waals surface area contributed by atoms with E-state index in [0.29, 0.717) is 12.5 Å². The maximum Gasteiger partial charge on any atom is 0.223 e. The molecule has 2 N–H and O–H groups in total. The predicted octanol–water partition coefficient (Wildman–Crippen LogP) is 3.79. The Bertz CT molecular complexity index is 496. The molecule has 1 fully saturated rings. The van der Waals surface area contributed by atoms with Gasteiger partial charge in [0.1, 0.15) is 0 Å². The highest BCUT2D eigenvalue weighted by Gasteiger charge is 2.32. The summed E-state index contributed by atoms with van der Waals surface area (Å²) in [7, 11) is 0. The summed E-state index contributed by atoms with van der Waals surface area (Å²) < 4.78 is 0. The van der Waals surface area contributed by atoms with E-state index in [4.69, 9.17) is 11.6 Å². The Morgan fingerprint density at radius 1 is 1.30 bits per heavy atom. The summed E-state index contributed by atoms with van der Waals surface area (Å²) in [5, 5.41) is 7.17. The van der Waals surface area contributed by atoms with Gasteiger partial charge in [-0.25, -0.2) is 0 Å². The van der Waals surface area contributed by atoms with Crippen molar-refractivity contribution in [1.29, 1.82) is 0 Å². The zero-order chi connectivity index (χ0) is 16.2. The third kappa shape index (κ3) is 4.62. The number of halogens is 2. The summed E-state index contributed by atoms with van der Waals surface area (Å²) >= 11 is 6.00. The highest BCUT2D eigenvalue weighted by molar-refractivity contribution is 6.30. The summed E-state index contributed by atoms with van der Waals surface area (Å²) in [5.41, 5.74) is 1.23. The number of hydrogen-bond donors (Lipinski definition) is 2. The van der Waals surface area contributed by atoms with Crippen LogP contribution in [0.4, 0.5) is 0 Å². The van der Waals surface area contributed by atoms with Gasteiger partial charge in [0.2, 0.25) is 5.91 Å². The van der Waals surface area contributed by atoms with Crippen molar-refractivity contribution in [3.05, 3.63) is 34.9 Å². The first-order valence-electron chi connectivity index (χ1n) is 8.27. The first-order valence-corrected chi connectivity index (χ1v) is 8.64. The first-order chi connectivity index (χ1) is 10.5. The zero-order valence-electron chi connectivity index (χ0n) is 14.2. The molecule has 130 valence electrons. The van der Waals surface area contributed by atoms with Crippen LogP contribution in [0.2, 0.25) is 5.02 Å². The standard InChI is InChI=1S/C18H27ClN2O.ClH/c1-4-18(5-2,15-6-8-16(19)9-7-15)12-21-17(22)13(3)14-10-20-11-14;/h6-9,13-14,20H,4-5,10-12H2,1-3H3,(H,21,22);1H. The van der Waals surface area contributed by atoms with E-state index in [2.05, 4.69) is 36.6 Å². The van der Waals surface area contributed by atoms with Crippen molar-refractivity contribution in [1.82, 2.24) is 10.6 Å². The van der Waals surface area contributed by atoms with Crippen molar-refractivity contribution in [3.63, 3.8) is 0 Å². The Labute approximate surface area is 151 Å². The lowest BCUT2D eigenvalue weighted by Crippen LogP contribution is -2.51. The number of rotatable bonds is 7. The van der Waals surface area contributed by atoms with E-state index in [1.54, 1.807) is 0 Å². The molecule has 0 saturated carbocycles. The lowest BCUT2D eigenvalue weighted by Gasteiger charge is -2.35. The van der Waals surface area contributed by atoms with Crippen LogP contribution in [0.5, 0.6) is 0 Å². The molecule has 0 aromatic heterocycles. The third-order valence-corrected chi connectivity index (χ3v) is 5.60. The largest absolute Gasteiger partial charge is 0.355 e. The normalized spacial score (nSPS) is 16.2. The molecule has 1 amide bonds. The van der Waals surface area contributed by atoms with Gasteiger partial charge in [0, 0.05) is 22.9 Å². The van der Waals surface area contributed by atoms with Gasteiger partial charge >= 0.3 is 0 Å². The minimum Gasteiger partial charge on any atom is -0.355 e. The van der Waals surface area contributed by atoms with Crippen LogP contribution >= 0.6 is 24.0 Å². The van der Waals surface area contributed by atoms with Crippen molar-refractivity contribution >= 4 is 29.9 Å². The monoisotopic (exact) mass is 358 g/mol. The maximum absolute atomic E-state index is 12.4. The zero-order valence-corrected chi connectivity index (χ0v) is 15.8. The number of carbonyl (C=O) groups is 1. The van der Waals surface area contributed by atoms with Gasteiger partial charge in [-0.05, 0) is 49.5 Å². The quantitative estimate of drug-likeness (QED) is 0.778. The van der Waals surface area contributed by atoms with E-state index in [9.17, 15) is 4.79 Å². The van der Waals surface area contributed by atoms with Crippen molar-refractivity contribution < 1.29 is 4.79 Å². The number of carbonyl (C=O) groups excluding carboxylic acids is 1. The molecule has 0 aliphatic carbocycles. The molecule has 0 spiro atoms. The molecular weight excluding hydrogens is 331 g/mol. The van der Waals surface area contributed by atoms with E-state index in [1.807, 2.05) is 19.1 Å². The Kier molecular flexibility index (Phi) is 7.85. The molecule has 1 aliphatic heterocycles. The summed E-state index contributed by atoms with van der Waals surface area (Å²) in [6.45, 7) is 9.00. The Morgan fingerprint density at radius 2 is 1.87 bits per heavy atom. The number of benzene rings is 1. The van der Waals surface area contributed by atoms with Crippen molar-refractivity contribution in [3.8, 4) is 0 Å². The predicted molar refractivity (Wildman–Crippen MR) is 99.5 cm³/mol. The molecule has 1 unspecified atom stereocenters. The SMILES string of the molecule is CCC(CC)(CNC(=O)C(C)C1CNC1)c1ccc(Cl)cc1.Cl.